The molecule has 3 atom stereocenters. The number of amides is 2. The lowest BCUT2D eigenvalue weighted by atomic mass is 9.86. The number of carbonyl (C=O) groups is 2. The van der Waals surface area contributed by atoms with Gasteiger partial charge in [-0.15, -0.1) is 4.90 Å². The van der Waals surface area contributed by atoms with Crippen molar-refractivity contribution in [3.8, 4) is 0 Å². The van der Waals surface area contributed by atoms with Crippen LogP contribution in [0.5, 0.6) is 0 Å². The number of alkyl halides is 2. The van der Waals surface area contributed by atoms with E-state index in [0.717, 1.165) is 6.42 Å². The smallest absolute Gasteiger partial charge is 0.428 e. The second-order valence-electron chi connectivity index (χ2n) is 9.92. The zero-order chi connectivity index (χ0) is 25.1. The molecule has 1 heterocycles. The summed E-state index contributed by atoms with van der Waals surface area (Å²) in [6.07, 6.45) is -0.580. The van der Waals surface area contributed by atoms with Gasteiger partial charge in [0.1, 0.15) is 16.7 Å². The highest BCUT2D eigenvalue weighted by Crippen LogP contribution is 2.56. The summed E-state index contributed by atoms with van der Waals surface area (Å²) < 4.78 is 45.1. The molecule has 0 bridgehead atoms. The predicted octanol–water partition coefficient (Wildman–Crippen LogP) is 4.40. The predicted molar refractivity (Wildman–Crippen MR) is 108 cm³/mol. The monoisotopic (exact) mass is 462 g/mol. The molecule has 1 aliphatic heterocycles. The van der Waals surface area contributed by atoms with Gasteiger partial charge in [-0.1, -0.05) is 13.3 Å². The summed E-state index contributed by atoms with van der Waals surface area (Å²) in [5.74, 6) is -3.48. The van der Waals surface area contributed by atoms with Crippen LogP contribution in [0.25, 0.3) is 0 Å². The first-order valence-electron chi connectivity index (χ1n) is 10.3. The van der Waals surface area contributed by atoms with Crippen molar-refractivity contribution in [3.63, 3.8) is 0 Å². The zero-order valence-corrected chi connectivity index (χ0v) is 19.8. The van der Waals surface area contributed by atoms with Crippen LogP contribution in [0.4, 0.5) is 18.4 Å². The van der Waals surface area contributed by atoms with E-state index in [1.54, 1.807) is 41.5 Å². The van der Waals surface area contributed by atoms with E-state index in [4.69, 9.17) is 23.8 Å². The molecule has 11 heteroatoms. The van der Waals surface area contributed by atoms with Crippen molar-refractivity contribution in [3.05, 3.63) is 0 Å². The van der Waals surface area contributed by atoms with Crippen molar-refractivity contribution in [2.75, 3.05) is 6.61 Å². The molecule has 32 heavy (non-hydrogen) atoms. The first kappa shape index (κ1) is 27.5. The van der Waals surface area contributed by atoms with Crippen LogP contribution in [0.15, 0.2) is 4.99 Å². The highest BCUT2D eigenvalue weighted by Gasteiger charge is 2.65. The molecule has 2 aliphatic rings. The summed E-state index contributed by atoms with van der Waals surface area (Å²) in [5, 5.41) is 0. The highest BCUT2D eigenvalue weighted by molar-refractivity contribution is 6.06. The number of rotatable bonds is 2. The minimum atomic E-state index is -3.24. The van der Waals surface area contributed by atoms with Crippen LogP contribution < -0.4 is 0 Å². The Morgan fingerprint density at radius 2 is 1.56 bits per heavy atom. The Balaban J connectivity index is 0.00000161. The fourth-order valence-electron chi connectivity index (χ4n) is 3.32. The fourth-order valence-corrected chi connectivity index (χ4v) is 3.32. The van der Waals surface area contributed by atoms with Gasteiger partial charge in [-0.2, -0.15) is 9.59 Å². The molecular formula is C21H32F2N2O7. The second-order valence-corrected chi connectivity index (χ2v) is 9.92. The van der Waals surface area contributed by atoms with Crippen LogP contribution in [-0.2, 0) is 23.8 Å². The van der Waals surface area contributed by atoms with Crippen LogP contribution in [0.3, 0.4) is 0 Å². The maximum absolute atomic E-state index is 14.8. The van der Waals surface area contributed by atoms with Gasteiger partial charge in [-0.25, -0.2) is 23.4 Å². The van der Waals surface area contributed by atoms with Crippen molar-refractivity contribution >= 4 is 24.4 Å². The molecule has 0 aromatic rings. The van der Waals surface area contributed by atoms with E-state index in [1.165, 1.54) is 6.92 Å². The Kier molecular flexibility index (Phi) is 8.18. The van der Waals surface area contributed by atoms with Crippen LogP contribution >= 0.6 is 0 Å². The van der Waals surface area contributed by atoms with E-state index in [2.05, 4.69) is 4.99 Å². The molecule has 9 nitrogen and oxygen atoms in total. The molecule has 1 fully saturated rings. The largest absolute Gasteiger partial charge is 0.458 e. The lowest BCUT2D eigenvalue weighted by Crippen LogP contribution is -2.58. The lowest BCUT2D eigenvalue weighted by Gasteiger charge is -2.40. The van der Waals surface area contributed by atoms with Gasteiger partial charge in [0.15, 0.2) is 6.61 Å². The van der Waals surface area contributed by atoms with Gasteiger partial charge in [0.25, 0.3) is 0 Å². The normalized spacial score (nSPS) is 26.2. The van der Waals surface area contributed by atoms with Crippen LogP contribution in [0.2, 0.25) is 0 Å². The van der Waals surface area contributed by atoms with Gasteiger partial charge in [-0.3, -0.25) is 0 Å². The van der Waals surface area contributed by atoms with Crippen molar-refractivity contribution in [2.24, 2.45) is 16.8 Å². The molecule has 0 aromatic carbocycles. The minimum absolute atomic E-state index is 0.116. The van der Waals surface area contributed by atoms with Crippen molar-refractivity contribution in [1.82, 2.24) is 4.90 Å². The maximum Gasteiger partial charge on any atom is 0.428 e. The molecule has 0 radical (unpaired) electrons. The van der Waals surface area contributed by atoms with Gasteiger partial charge in [0, 0.05) is 0 Å². The molecule has 1 aliphatic carbocycles. The molecule has 182 valence electrons. The molecule has 0 N–H and O–H groups in total. The fraction of sp³-hybridized carbons (Fsp3) is 0.810. The molecule has 2 amide bonds. The Morgan fingerprint density at radius 1 is 1.12 bits per heavy atom. The first-order chi connectivity index (χ1) is 14.4. The van der Waals surface area contributed by atoms with E-state index >= 15 is 0 Å². The summed E-state index contributed by atoms with van der Waals surface area (Å²) >= 11 is 0. The maximum atomic E-state index is 14.8. The molecule has 0 unspecified atom stereocenters. The average Bonchev–Trinajstić information content (AvgIpc) is 3.36. The molecule has 0 saturated heterocycles. The number of amidine groups is 1. The molecule has 2 rings (SSSR count). The molecule has 1 saturated carbocycles. The van der Waals surface area contributed by atoms with Gasteiger partial charge >= 0.3 is 30.3 Å². The second kappa shape index (κ2) is 9.52. The van der Waals surface area contributed by atoms with E-state index in [1.807, 2.05) is 6.92 Å². The summed E-state index contributed by atoms with van der Waals surface area (Å²) in [4.78, 5) is 46.3. The van der Waals surface area contributed by atoms with Crippen LogP contribution in [-0.4, -0.2) is 58.5 Å². The number of imide groups is 1. The molecular weight excluding hydrogens is 430 g/mol. The number of nitrogens with zero attached hydrogens (tertiary/aromatic N) is 2. The molecule has 0 spiro atoms. The minimum Gasteiger partial charge on any atom is -0.458 e. The number of ether oxygens (including phenoxy) is 3. The summed E-state index contributed by atoms with van der Waals surface area (Å²) in [5.41, 5.74) is -3.64. The standard InChI is InChI=1S/C20H32F2N2O5.CO2/c1-9-12-10-13(12)19(8)20(21,22)11-27-14(23-19)24(15(25)28-17(2,3)4)16(26)29-18(5,6)7;2-1-3/h12-13H,9-11H2,1-8H3;/t12-,13-,19+;/m0./s1. The summed E-state index contributed by atoms with van der Waals surface area (Å²) in [6, 6.07) is -0.524. The number of hydrogen-bond acceptors (Lipinski definition) is 8. The number of aliphatic imine (C=N–C) groups is 1. The van der Waals surface area contributed by atoms with E-state index < -0.39 is 47.5 Å². The van der Waals surface area contributed by atoms with E-state index in [-0.39, 0.29) is 18.0 Å². The number of hydrogen-bond donors (Lipinski definition) is 0. The van der Waals surface area contributed by atoms with Gasteiger partial charge in [0.05, 0.1) is 0 Å². The Hall–Kier alpha value is -2.55. The quantitative estimate of drug-likeness (QED) is 0.598. The van der Waals surface area contributed by atoms with Crippen LogP contribution in [0.1, 0.15) is 68.2 Å². The van der Waals surface area contributed by atoms with Gasteiger partial charge in [-0.05, 0) is 66.7 Å². The van der Waals surface area contributed by atoms with Crippen molar-refractivity contribution in [2.45, 2.75) is 90.9 Å². The van der Waals surface area contributed by atoms with E-state index in [9.17, 15) is 18.4 Å². The summed E-state index contributed by atoms with van der Waals surface area (Å²) in [7, 11) is 0. The molecule has 0 aromatic heterocycles. The lowest BCUT2D eigenvalue weighted by molar-refractivity contribution is -0.191. The third-order valence-corrected chi connectivity index (χ3v) is 4.96. The van der Waals surface area contributed by atoms with Gasteiger partial charge in [0.2, 0.25) is 0 Å². The Bertz CT molecular complexity index is 752. The number of halogens is 2. The van der Waals surface area contributed by atoms with E-state index in [0.29, 0.717) is 11.3 Å². The topological polar surface area (TPSA) is 112 Å². The van der Waals surface area contributed by atoms with Crippen molar-refractivity contribution < 1.29 is 42.2 Å². The highest BCUT2D eigenvalue weighted by atomic mass is 19.3. The average molecular weight is 462 g/mol. The number of carbonyl (C=O) groups excluding carboxylic acids is 4. The third kappa shape index (κ3) is 6.72. The Labute approximate surface area is 186 Å². The van der Waals surface area contributed by atoms with Crippen LogP contribution in [0, 0.1) is 11.8 Å². The third-order valence-electron chi connectivity index (χ3n) is 4.96. The zero-order valence-electron chi connectivity index (χ0n) is 19.8. The van der Waals surface area contributed by atoms with Gasteiger partial charge < -0.3 is 14.2 Å². The SMILES string of the molecule is CC[C@H]1C[C@@H]1[C@@]1(C)N=C(N(C(=O)OC(C)(C)C)C(=O)OC(C)(C)C)OCC1(F)F.O=C=O. The Morgan fingerprint density at radius 3 is 1.91 bits per heavy atom. The summed E-state index contributed by atoms with van der Waals surface area (Å²) in [6.45, 7) is 12.0. The van der Waals surface area contributed by atoms with Crippen molar-refractivity contribution in [1.29, 1.82) is 0 Å². The first-order valence-corrected chi connectivity index (χ1v) is 10.3.